The van der Waals surface area contributed by atoms with E-state index in [1.54, 1.807) is 49.1 Å². The van der Waals surface area contributed by atoms with E-state index in [4.69, 9.17) is 20.0 Å². The number of aliphatic imine (C=N–C) groups is 4. The molecule has 7 rings (SSSR count). The van der Waals surface area contributed by atoms with Crippen LogP contribution in [0.3, 0.4) is 0 Å². The molecule has 8 heteroatoms. The topological polar surface area (TPSA) is 130 Å². The van der Waals surface area contributed by atoms with E-state index in [9.17, 15) is 20.4 Å². The lowest BCUT2D eigenvalue weighted by Crippen LogP contribution is -2.27. The highest BCUT2D eigenvalue weighted by atomic mass is 16.3. The van der Waals surface area contributed by atoms with Crippen molar-refractivity contribution in [2.75, 3.05) is 0 Å². The van der Waals surface area contributed by atoms with Gasteiger partial charge < -0.3 is 20.4 Å². The number of hydrogen-bond donors (Lipinski definition) is 4. The van der Waals surface area contributed by atoms with Crippen molar-refractivity contribution in [1.82, 2.24) is 0 Å². The molecular weight excluding hydrogens is 600 g/mol. The van der Waals surface area contributed by atoms with Gasteiger partial charge >= 0.3 is 0 Å². The third kappa shape index (κ3) is 6.88. The summed E-state index contributed by atoms with van der Waals surface area (Å²) in [4.78, 5) is 19.7. The van der Waals surface area contributed by atoms with Gasteiger partial charge in [0.2, 0.25) is 0 Å². The lowest BCUT2D eigenvalue weighted by Gasteiger charge is -2.25. The first-order chi connectivity index (χ1) is 23.4. The van der Waals surface area contributed by atoms with Crippen LogP contribution < -0.4 is 0 Å². The SMILES string of the molecule is Oc1ccc2cc1C=N[C@H]1CCCC[C@@H]1N=Cc1cc(ccc1O)-c1ccc(O)c(c1)C=N[C@H]1CCCC[C@@H]1N=Cc1cc-2ccc1O. The fraction of sp³-hybridized carbons (Fsp3) is 0.300. The van der Waals surface area contributed by atoms with E-state index in [1.807, 2.05) is 48.5 Å². The van der Waals surface area contributed by atoms with Crippen LogP contribution in [0.4, 0.5) is 0 Å². The molecule has 0 spiro atoms. The fourth-order valence-electron chi connectivity index (χ4n) is 6.93. The van der Waals surface area contributed by atoms with Crippen molar-refractivity contribution >= 4 is 24.9 Å². The number of phenolic OH excluding ortho intramolecular Hbond substituents is 4. The number of rotatable bonds is 0. The van der Waals surface area contributed by atoms with E-state index in [2.05, 4.69) is 0 Å². The predicted octanol–water partition coefficient (Wildman–Crippen LogP) is 7.85. The molecule has 8 nitrogen and oxygen atoms in total. The second-order valence-corrected chi connectivity index (χ2v) is 13.0. The molecule has 1 aliphatic heterocycles. The van der Waals surface area contributed by atoms with Gasteiger partial charge in [-0.15, -0.1) is 0 Å². The lowest BCUT2D eigenvalue weighted by molar-refractivity contribution is 0.390. The van der Waals surface area contributed by atoms with Crippen LogP contribution in [0.1, 0.15) is 73.6 Å². The Labute approximate surface area is 280 Å². The molecule has 0 amide bonds. The summed E-state index contributed by atoms with van der Waals surface area (Å²) < 4.78 is 0. The quantitative estimate of drug-likeness (QED) is 0.156. The van der Waals surface area contributed by atoms with Crippen LogP contribution in [0.5, 0.6) is 23.0 Å². The first-order valence-electron chi connectivity index (χ1n) is 16.9. The minimum absolute atomic E-state index is 0.0621. The molecule has 4 aromatic carbocycles. The minimum atomic E-state index is -0.0621. The maximum Gasteiger partial charge on any atom is 0.124 e. The summed E-state index contributed by atoms with van der Waals surface area (Å²) in [7, 11) is 0. The number of hydrogen-bond acceptors (Lipinski definition) is 8. The Balaban J connectivity index is 1.32. The van der Waals surface area contributed by atoms with Gasteiger partial charge in [-0.1, -0.05) is 49.9 Å². The fourth-order valence-corrected chi connectivity index (χ4v) is 6.93. The van der Waals surface area contributed by atoms with Crippen molar-refractivity contribution < 1.29 is 20.4 Å². The predicted molar refractivity (Wildman–Crippen MR) is 193 cm³/mol. The van der Waals surface area contributed by atoms with Crippen LogP contribution in [0.2, 0.25) is 0 Å². The van der Waals surface area contributed by atoms with Gasteiger partial charge in [-0.2, -0.15) is 0 Å². The molecule has 0 radical (unpaired) electrons. The highest BCUT2D eigenvalue weighted by Gasteiger charge is 2.25. The van der Waals surface area contributed by atoms with Crippen LogP contribution in [-0.4, -0.2) is 69.5 Å². The molecule has 244 valence electrons. The molecule has 1 heterocycles. The Kier molecular flexibility index (Phi) is 9.05. The molecule has 3 aliphatic rings. The molecule has 4 N–H and O–H groups in total. The molecule has 2 saturated carbocycles. The van der Waals surface area contributed by atoms with E-state index >= 15 is 0 Å². The van der Waals surface area contributed by atoms with Crippen molar-refractivity contribution in [3.8, 4) is 45.3 Å². The van der Waals surface area contributed by atoms with Gasteiger partial charge in [-0.05, 0) is 96.5 Å². The average Bonchev–Trinajstić information content (AvgIpc) is 3.10. The second kappa shape index (κ2) is 13.9. The third-order valence-corrected chi connectivity index (χ3v) is 9.79. The van der Waals surface area contributed by atoms with Crippen molar-refractivity contribution in [3.05, 3.63) is 95.1 Å². The number of fused-ring (bicyclic) bond motifs is 12. The molecular formula is C40H40N4O4. The highest BCUT2D eigenvalue weighted by molar-refractivity contribution is 5.90. The number of phenols is 4. The molecule has 0 saturated heterocycles. The van der Waals surface area contributed by atoms with Gasteiger partial charge in [0.15, 0.2) is 0 Å². The van der Waals surface area contributed by atoms with Crippen molar-refractivity contribution in [2.45, 2.75) is 75.5 Å². The maximum atomic E-state index is 10.7. The summed E-state index contributed by atoms with van der Waals surface area (Å²) >= 11 is 0. The van der Waals surface area contributed by atoms with Gasteiger partial charge in [0.1, 0.15) is 23.0 Å². The minimum Gasteiger partial charge on any atom is -0.507 e. The summed E-state index contributed by atoms with van der Waals surface area (Å²) in [5, 5.41) is 43.0. The molecule has 4 aromatic rings. The first-order valence-corrected chi connectivity index (χ1v) is 16.9. The zero-order valence-electron chi connectivity index (χ0n) is 26.8. The smallest absolute Gasteiger partial charge is 0.124 e. The molecule has 48 heavy (non-hydrogen) atoms. The molecule has 4 atom stereocenters. The van der Waals surface area contributed by atoms with E-state index in [1.165, 1.54) is 0 Å². The third-order valence-electron chi connectivity index (χ3n) is 9.79. The molecule has 8 bridgehead atoms. The van der Waals surface area contributed by atoms with Crippen LogP contribution in [0.25, 0.3) is 22.3 Å². The summed E-state index contributed by atoms with van der Waals surface area (Å²) in [6.07, 6.45) is 14.7. The summed E-state index contributed by atoms with van der Waals surface area (Å²) in [5.41, 5.74) is 5.98. The van der Waals surface area contributed by atoms with E-state index < -0.39 is 0 Å². The lowest BCUT2D eigenvalue weighted by atomic mass is 9.91. The van der Waals surface area contributed by atoms with Crippen LogP contribution in [0, 0.1) is 0 Å². The first kappa shape index (κ1) is 31.4. The average molecular weight is 641 g/mol. The van der Waals surface area contributed by atoms with Crippen LogP contribution in [0.15, 0.2) is 92.8 Å². The Morgan fingerprint density at radius 3 is 0.812 bits per heavy atom. The van der Waals surface area contributed by atoms with E-state index in [0.717, 1.165) is 73.6 Å². The molecule has 0 aromatic heterocycles. The highest BCUT2D eigenvalue weighted by Crippen LogP contribution is 2.32. The van der Waals surface area contributed by atoms with Gasteiger partial charge in [-0.3, -0.25) is 20.0 Å². The summed E-state index contributed by atoms with van der Waals surface area (Å²) in [6, 6.07) is 21.5. The van der Waals surface area contributed by atoms with Crippen molar-refractivity contribution in [3.63, 3.8) is 0 Å². The molecule has 0 unspecified atom stereocenters. The Hall–Kier alpha value is -5.24. The summed E-state index contributed by atoms with van der Waals surface area (Å²) in [5.74, 6) is 0.568. The largest absolute Gasteiger partial charge is 0.507 e. The zero-order chi connectivity index (χ0) is 33.0. The van der Waals surface area contributed by atoms with Gasteiger partial charge in [0, 0.05) is 47.1 Å². The van der Waals surface area contributed by atoms with Crippen molar-refractivity contribution in [1.29, 1.82) is 0 Å². The van der Waals surface area contributed by atoms with Gasteiger partial charge in [0.05, 0.1) is 24.2 Å². The van der Waals surface area contributed by atoms with E-state index in [0.29, 0.717) is 22.3 Å². The number of nitrogens with zero attached hydrogens (tertiary/aromatic N) is 4. The Morgan fingerprint density at radius 2 is 0.583 bits per heavy atom. The normalized spacial score (nSPS) is 22.3. The summed E-state index contributed by atoms with van der Waals surface area (Å²) in [6.45, 7) is 0. The van der Waals surface area contributed by atoms with Gasteiger partial charge in [-0.25, -0.2) is 0 Å². The number of benzene rings is 4. The number of aromatic hydroxyl groups is 4. The van der Waals surface area contributed by atoms with Gasteiger partial charge in [0.25, 0.3) is 0 Å². The standard InChI is InChI=1S/C40H40N4O4/c45-37-13-9-25-17-29(37)21-41-33-5-1-2-6-34(33)42-22-30-18-26(10-14-38(30)46)28-12-16-40(48)32(20-28)24-44-36-8-4-3-7-35(36)43-23-31-19-27(25)11-15-39(31)47/h9-24,33-36,45-48H,1-8H2/t33-,34-,35-,36-/m0/s1. The maximum absolute atomic E-state index is 10.7. The van der Waals surface area contributed by atoms with E-state index in [-0.39, 0.29) is 47.2 Å². The Bertz CT molecular complexity index is 1650. The van der Waals surface area contributed by atoms with Crippen LogP contribution in [-0.2, 0) is 0 Å². The zero-order valence-corrected chi connectivity index (χ0v) is 26.8. The van der Waals surface area contributed by atoms with Crippen LogP contribution >= 0.6 is 0 Å². The molecule has 2 aliphatic carbocycles. The Morgan fingerprint density at radius 1 is 0.354 bits per heavy atom. The second-order valence-electron chi connectivity index (χ2n) is 13.0. The molecule has 2 fully saturated rings. The van der Waals surface area contributed by atoms with Crippen molar-refractivity contribution in [2.24, 2.45) is 20.0 Å². The monoisotopic (exact) mass is 640 g/mol.